The molecule has 0 aliphatic heterocycles. The smallest absolute Gasteiger partial charge is 0.0357 e. The maximum absolute atomic E-state index is 2.40. The molecule has 0 bridgehead atoms. The van der Waals surface area contributed by atoms with E-state index in [0.717, 1.165) is 23.7 Å². The first kappa shape index (κ1) is 14.4. The summed E-state index contributed by atoms with van der Waals surface area (Å²) in [5.41, 5.74) is 0. The molecule has 0 amide bonds. The average Bonchev–Trinajstić information content (AvgIpc) is 2.41. The predicted octanol–water partition coefficient (Wildman–Crippen LogP) is 6.20. The zero-order valence-electron chi connectivity index (χ0n) is 12.8. The fourth-order valence-corrected chi connectivity index (χ4v) is 4.51. The molecule has 2 fully saturated rings. The van der Waals surface area contributed by atoms with Gasteiger partial charge < -0.3 is 0 Å². The van der Waals surface area contributed by atoms with Crippen LogP contribution in [0.2, 0.25) is 0 Å². The molecule has 0 spiro atoms. The monoisotopic (exact) mass is 250 g/mol. The van der Waals surface area contributed by atoms with Crippen molar-refractivity contribution in [3.63, 3.8) is 0 Å². The standard InChI is InChI=1S/C18H34/c1-15(2)13-14-18(16-9-5-3-6-10-16)17-11-7-4-8-12-17/h15-18H,3-14H2,1-2H3. The summed E-state index contributed by atoms with van der Waals surface area (Å²) >= 11 is 0. The van der Waals surface area contributed by atoms with Gasteiger partial charge in [-0.3, -0.25) is 0 Å². The van der Waals surface area contributed by atoms with Crippen LogP contribution < -0.4 is 0 Å². The van der Waals surface area contributed by atoms with Gasteiger partial charge in [0.15, 0.2) is 0 Å². The Morgan fingerprint density at radius 3 is 1.50 bits per heavy atom. The Hall–Kier alpha value is 0. The normalized spacial score (nSPS) is 24.0. The van der Waals surface area contributed by atoms with Crippen molar-refractivity contribution in [1.29, 1.82) is 0 Å². The van der Waals surface area contributed by atoms with E-state index in [2.05, 4.69) is 13.8 Å². The van der Waals surface area contributed by atoms with E-state index in [1.165, 1.54) is 51.4 Å². The third-order valence-electron chi connectivity index (χ3n) is 5.59. The average molecular weight is 250 g/mol. The summed E-state index contributed by atoms with van der Waals surface area (Å²) in [5.74, 6) is 4.19. The summed E-state index contributed by atoms with van der Waals surface area (Å²) in [6, 6.07) is 0. The zero-order chi connectivity index (χ0) is 12.8. The van der Waals surface area contributed by atoms with E-state index >= 15 is 0 Å². The third-order valence-corrected chi connectivity index (χ3v) is 5.59. The summed E-state index contributed by atoms with van der Waals surface area (Å²) in [6.07, 6.45) is 18.3. The summed E-state index contributed by atoms with van der Waals surface area (Å²) in [6.45, 7) is 4.80. The van der Waals surface area contributed by atoms with Gasteiger partial charge in [-0.25, -0.2) is 0 Å². The minimum absolute atomic E-state index is 0.902. The molecule has 0 unspecified atom stereocenters. The second-order valence-corrected chi connectivity index (χ2v) is 7.43. The fraction of sp³-hybridized carbons (Fsp3) is 1.00. The SMILES string of the molecule is CC(C)CCC(C1CCCCC1)C1CCCCC1. The van der Waals surface area contributed by atoms with Crippen molar-refractivity contribution in [3.8, 4) is 0 Å². The van der Waals surface area contributed by atoms with Crippen molar-refractivity contribution in [2.75, 3.05) is 0 Å². The van der Waals surface area contributed by atoms with E-state index in [1.807, 2.05) is 0 Å². The molecule has 0 atom stereocenters. The van der Waals surface area contributed by atoms with Crippen LogP contribution in [0.1, 0.15) is 90.9 Å². The molecule has 0 saturated heterocycles. The lowest BCUT2D eigenvalue weighted by molar-refractivity contribution is 0.129. The maximum Gasteiger partial charge on any atom is -0.0357 e. The predicted molar refractivity (Wildman–Crippen MR) is 80.7 cm³/mol. The van der Waals surface area contributed by atoms with Crippen molar-refractivity contribution in [1.82, 2.24) is 0 Å². The van der Waals surface area contributed by atoms with Crippen LogP contribution >= 0.6 is 0 Å². The Labute approximate surface area is 115 Å². The van der Waals surface area contributed by atoms with Gasteiger partial charge in [0.05, 0.1) is 0 Å². The summed E-state index contributed by atoms with van der Waals surface area (Å²) in [7, 11) is 0. The molecule has 2 rings (SSSR count). The molecule has 2 aliphatic carbocycles. The largest absolute Gasteiger partial charge is 0.0628 e. The Morgan fingerprint density at radius 1 is 0.667 bits per heavy atom. The lowest BCUT2D eigenvalue weighted by Gasteiger charge is -2.38. The molecule has 0 aromatic carbocycles. The van der Waals surface area contributed by atoms with E-state index in [-0.39, 0.29) is 0 Å². The highest BCUT2D eigenvalue weighted by molar-refractivity contribution is 4.82. The van der Waals surface area contributed by atoms with E-state index in [9.17, 15) is 0 Å². The zero-order valence-corrected chi connectivity index (χ0v) is 12.8. The highest BCUT2D eigenvalue weighted by atomic mass is 14.4. The lowest BCUT2D eigenvalue weighted by Crippen LogP contribution is -2.27. The van der Waals surface area contributed by atoms with Gasteiger partial charge in [-0.1, -0.05) is 84.5 Å². The molecule has 18 heavy (non-hydrogen) atoms. The van der Waals surface area contributed by atoms with Gasteiger partial charge in [0.1, 0.15) is 0 Å². The van der Waals surface area contributed by atoms with Crippen LogP contribution in [0.5, 0.6) is 0 Å². The number of hydrogen-bond donors (Lipinski definition) is 0. The van der Waals surface area contributed by atoms with Crippen molar-refractivity contribution in [3.05, 3.63) is 0 Å². The molecule has 2 aliphatic rings. The van der Waals surface area contributed by atoms with Gasteiger partial charge in [-0.2, -0.15) is 0 Å². The molecular weight excluding hydrogens is 216 g/mol. The Bertz CT molecular complexity index is 188. The quantitative estimate of drug-likeness (QED) is 0.545. The topological polar surface area (TPSA) is 0 Å². The van der Waals surface area contributed by atoms with E-state index in [4.69, 9.17) is 0 Å². The summed E-state index contributed by atoms with van der Waals surface area (Å²) < 4.78 is 0. The molecule has 0 aromatic heterocycles. The fourth-order valence-electron chi connectivity index (χ4n) is 4.51. The maximum atomic E-state index is 2.40. The van der Waals surface area contributed by atoms with Crippen LogP contribution in [0.15, 0.2) is 0 Å². The Kier molecular flexibility index (Phi) is 6.05. The highest BCUT2D eigenvalue weighted by Gasteiger charge is 2.30. The molecule has 0 heterocycles. The Balaban J connectivity index is 1.91. The molecule has 106 valence electrons. The minimum Gasteiger partial charge on any atom is -0.0628 e. The molecule has 2 saturated carbocycles. The molecule has 0 heteroatoms. The van der Waals surface area contributed by atoms with Crippen molar-refractivity contribution < 1.29 is 0 Å². The van der Waals surface area contributed by atoms with E-state index < -0.39 is 0 Å². The van der Waals surface area contributed by atoms with Gasteiger partial charge >= 0.3 is 0 Å². The van der Waals surface area contributed by atoms with Crippen LogP contribution in [0.4, 0.5) is 0 Å². The van der Waals surface area contributed by atoms with Crippen LogP contribution in [0.25, 0.3) is 0 Å². The van der Waals surface area contributed by atoms with E-state index in [0.29, 0.717) is 0 Å². The van der Waals surface area contributed by atoms with Crippen molar-refractivity contribution >= 4 is 0 Å². The van der Waals surface area contributed by atoms with Crippen molar-refractivity contribution in [2.45, 2.75) is 90.9 Å². The molecule has 0 N–H and O–H groups in total. The number of rotatable bonds is 5. The van der Waals surface area contributed by atoms with Crippen LogP contribution in [-0.4, -0.2) is 0 Å². The van der Waals surface area contributed by atoms with Crippen molar-refractivity contribution in [2.24, 2.45) is 23.7 Å². The summed E-state index contributed by atoms with van der Waals surface area (Å²) in [4.78, 5) is 0. The number of hydrogen-bond acceptors (Lipinski definition) is 0. The van der Waals surface area contributed by atoms with E-state index in [1.54, 1.807) is 25.7 Å². The van der Waals surface area contributed by atoms with Gasteiger partial charge in [0.25, 0.3) is 0 Å². The van der Waals surface area contributed by atoms with Crippen LogP contribution in [0.3, 0.4) is 0 Å². The van der Waals surface area contributed by atoms with Gasteiger partial charge in [-0.15, -0.1) is 0 Å². The highest BCUT2D eigenvalue weighted by Crippen LogP contribution is 2.42. The second-order valence-electron chi connectivity index (χ2n) is 7.43. The first-order valence-electron chi connectivity index (χ1n) is 8.77. The Morgan fingerprint density at radius 2 is 1.11 bits per heavy atom. The first-order chi connectivity index (χ1) is 8.77. The molecular formula is C18H34. The summed E-state index contributed by atoms with van der Waals surface area (Å²) in [5, 5.41) is 0. The van der Waals surface area contributed by atoms with Crippen LogP contribution in [-0.2, 0) is 0 Å². The molecule has 0 aromatic rings. The van der Waals surface area contributed by atoms with Crippen LogP contribution in [0, 0.1) is 23.7 Å². The second kappa shape index (κ2) is 7.56. The van der Waals surface area contributed by atoms with Gasteiger partial charge in [0.2, 0.25) is 0 Å². The van der Waals surface area contributed by atoms with Gasteiger partial charge in [-0.05, 0) is 30.1 Å². The molecule has 0 radical (unpaired) electrons. The third kappa shape index (κ3) is 4.28. The minimum atomic E-state index is 0.902. The molecule has 0 nitrogen and oxygen atoms in total. The lowest BCUT2D eigenvalue weighted by atomic mass is 9.67. The first-order valence-corrected chi connectivity index (χ1v) is 8.77. The van der Waals surface area contributed by atoms with Gasteiger partial charge in [0, 0.05) is 0 Å².